The Balaban J connectivity index is 2.01. The molecule has 0 atom stereocenters. The maximum absolute atomic E-state index is 12.6. The summed E-state index contributed by atoms with van der Waals surface area (Å²) in [6, 6.07) is 9.57. The van der Waals surface area contributed by atoms with Crippen LogP contribution >= 0.6 is 0 Å². The van der Waals surface area contributed by atoms with Crippen LogP contribution in [0.25, 0.3) is 0 Å². The van der Waals surface area contributed by atoms with Crippen LogP contribution in [0, 0.1) is 6.92 Å². The fourth-order valence-corrected chi connectivity index (χ4v) is 2.93. The predicted molar refractivity (Wildman–Crippen MR) is 116 cm³/mol. The topological polar surface area (TPSA) is 73.4 Å². The van der Waals surface area contributed by atoms with Gasteiger partial charge in [0.25, 0.3) is 5.91 Å². The number of rotatable bonds is 10. The summed E-state index contributed by atoms with van der Waals surface area (Å²) < 4.78 is 0. The van der Waals surface area contributed by atoms with Gasteiger partial charge in [0.15, 0.2) is 0 Å². The SMILES string of the molecule is CCN(CC)c1ccc(NC(=O)c2cc(NCCCN(C)C)nc(C)n2)cc1. The number of carbonyl (C=O) groups is 1. The van der Waals surface area contributed by atoms with Crippen LogP contribution in [0.4, 0.5) is 17.2 Å². The van der Waals surface area contributed by atoms with Crippen LogP contribution in [0.2, 0.25) is 0 Å². The molecule has 0 fully saturated rings. The van der Waals surface area contributed by atoms with Crippen LogP contribution < -0.4 is 15.5 Å². The molecule has 0 saturated heterocycles. The summed E-state index contributed by atoms with van der Waals surface area (Å²) in [6.07, 6.45) is 0.996. The van der Waals surface area contributed by atoms with Crippen molar-refractivity contribution in [1.82, 2.24) is 14.9 Å². The van der Waals surface area contributed by atoms with Crippen LogP contribution in [0.3, 0.4) is 0 Å². The second-order valence-corrected chi connectivity index (χ2v) is 6.94. The molecule has 7 nitrogen and oxygen atoms in total. The molecule has 0 radical (unpaired) electrons. The van der Waals surface area contributed by atoms with Gasteiger partial charge < -0.3 is 20.4 Å². The van der Waals surface area contributed by atoms with Crippen molar-refractivity contribution < 1.29 is 4.79 Å². The molecule has 0 aliphatic rings. The first-order valence-electron chi connectivity index (χ1n) is 9.83. The lowest BCUT2D eigenvalue weighted by Gasteiger charge is -2.21. The maximum atomic E-state index is 12.6. The zero-order valence-corrected chi connectivity index (χ0v) is 17.6. The van der Waals surface area contributed by atoms with E-state index >= 15 is 0 Å². The van der Waals surface area contributed by atoms with Crippen LogP contribution in [0.5, 0.6) is 0 Å². The molecule has 152 valence electrons. The van der Waals surface area contributed by atoms with Crippen LogP contribution in [0.15, 0.2) is 30.3 Å². The summed E-state index contributed by atoms with van der Waals surface area (Å²) in [6.45, 7) is 9.74. The zero-order chi connectivity index (χ0) is 20.5. The number of nitrogens with one attached hydrogen (secondary N) is 2. The van der Waals surface area contributed by atoms with Crippen LogP contribution in [-0.2, 0) is 0 Å². The fourth-order valence-electron chi connectivity index (χ4n) is 2.93. The van der Waals surface area contributed by atoms with Gasteiger partial charge in [0, 0.05) is 37.1 Å². The van der Waals surface area contributed by atoms with Crippen molar-refractivity contribution >= 4 is 23.1 Å². The molecule has 1 aromatic carbocycles. The van der Waals surface area contributed by atoms with Gasteiger partial charge in [-0.15, -0.1) is 0 Å². The number of nitrogens with zero attached hydrogens (tertiary/aromatic N) is 4. The molecular formula is C21H32N6O. The lowest BCUT2D eigenvalue weighted by atomic mass is 10.2. The van der Waals surface area contributed by atoms with Gasteiger partial charge in [0.2, 0.25) is 0 Å². The van der Waals surface area contributed by atoms with Crippen molar-refractivity contribution in [1.29, 1.82) is 0 Å². The second kappa shape index (κ2) is 10.6. The first-order valence-corrected chi connectivity index (χ1v) is 9.83. The van der Waals surface area contributed by atoms with E-state index in [0.29, 0.717) is 17.3 Å². The van der Waals surface area contributed by atoms with Crippen molar-refractivity contribution in [3.63, 3.8) is 0 Å². The molecule has 0 bridgehead atoms. The minimum Gasteiger partial charge on any atom is -0.372 e. The first kappa shape index (κ1) is 21.6. The van der Waals surface area contributed by atoms with Crippen molar-refractivity contribution in [2.45, 2.75) is 27.2 Å². The van der Waals surface area contributed by atoms with Gasteiger partial charge in [-0.05, 0) is 72.1 Å². The van der Waals surface area contributed by atoms with Crippen molar-refractivity contribution in [3.8, 4) is 0 Å². The highest BCUT2D eigenvalue weighted by atomic mass is 16.1. The minimum atomic E-state index is -0.238. The highest BCUT2D eigenvalue weighted by molar-refractivity contribution is 6.03. The standard InChI is InChI=1S/C21H32N6O/c1-6-27(7-2)18-11-9-17(10-12-18)25-21(28)19-15-20(24-16(3)23-19)22-13-8-14-26(4)5/h9-12,15H,6-8,13-14H2,1-5H3,(H,25,28)(H,22,23,24). The summed E-state index contributed by atoms with van der Waals surface area (Å²) in [7, 11) is 4.09. The molecular weight excluding hydrogens is 352 g/mol. The van der Waals surface area contributed by atoms with Crippen LogP contribution in [-0.4, -0.2) is 61.0 Å². The van der Waals surface area contributed by atoms with E-state index in [1.54, 1.807) is 13.0 Å². The van der Waals surface area contributed by atoms with Gasteiger partial charge in [0.1, 0.15) is 17.3 Å². The third kappa shape index (κ3) is 6.49. The Morgan fingerprint density at radius 3 is 2.36 bits per heavy atom. The number of hydrogen-bond donors (Lipinski definition) is 2. The number of benzene rings is 1. The molecule has 2 rings (SSSR count). The Morgan fingerprint density at radius 1 is 1.07 bits per heavy atom. The number of amides is 1. The molecule has 1 heterocycles. The van der Waals surface area contributed by atoms with E-state index in [1.165, 1.54) is 0 Å². The second-order valence-electron chi connectivity index (χ2n) is 6.94. The fraction of sp³-hybridized carbons (Fsp3) is 0.476. The van der Waals surface area contributed by atoms with E-state index in [0.717, 1.165) is 44.0 Å². The van der Waals surface area contributed by atoms with Gasteiger partial charge in [-0.3, -0.25) is 4.79 Å². The Morgan fingerprint density at radius 2 is 1.75 bits per heavy atom. The lowest BCUT2D eigenvalue weighted by Crippen LogP contribution is -2.21. The van der Waals surface area contributed by atoms with E-state index in [9.17, 15) is 4.79 Å². The number of carbonyl (C=O) groups excluding carboxylic acids is 1. The Bertz CT molecular complexity index is 756. The highest BCUT2D eigenvalue weighted by Gasteiger charge is 2.11. The third-order valence-electron chi connectivity index (χ3n) is 4.41. The van der Waals surface area contributed by atoms with E-state index in [4.69, 9.17) is 0 Å². The molecule has 0 aliphatic carbocycles. The lowest BCUT2D eigenvalue weighted by molar-refractivity contribution is 0.102. The molecule has 7 heteroatoms. The van der Waals surface area contributed by atoms with E-state index in [-0.39, 0.29) is 5.91 Å². The number of hydrogen-bond acceptors (Lipinski definition) is 6. The molecule has 1 aromatic heterocycles. The smallest absolute Gasteiger partial charge is 0.274 e. The van der Waals surface area contributed by atoms with Crippen molar-refractivity contribution in [3.05, 3.63) is 41.9 Å². The average molecular weight is 385 g/mol. The summed E-state index contributed by atoms with van der Waals surface area (Å²) in [4.78, 5) is 25.7. The average Bonchev–Trinajstić information content (AvgIpc) is 2.67. The van der Waals surface area contributed by atoms with E-state index < -0.39 is 0 Å². The minimum absolute atomic E-state index is 0.238. The van der Waals surface area contributed by atoms with E-state index in [2.05, 4.69) is 44.2 Å². The number of aromatic nitrogens is 2. The Hall–Kier alpha value is -2.67. The zero-order valence-electron chi connectivity index (χ0n) is 17.6. The molecule has 2 N–H and O–H groups in total. The van der Waals surface area contributed by atoms with Crippen molar-refractivity contribution in [2.75, 3.05) is 55.8 Å². The molecule has 2 aromatic rings. The summed E-state index contributed by atoms with van der Waals surface area (Å²) in [5.41, 5.74) is 2.25. The molecule has 0 spiro atoms. The van der Waals surface area contributed by atoms with Gasteiger partial charge in [-0.1, -0.05) is 0 Å². The van der Waals surface area contributed by atoms with Gasteiger partial charge in [0.05, 0.1) is 0 Å². The highest BCUT2D eigenvalue weighted by Crippen LogP contribution is 2.18. The van der Waals surface area contributed by atoms with Gasteiger partial charge in [-0.25, -0.2) is 9.97 Å². The van der Waals surface area contributed by atoms with Crippen LogP contribution in [0.1, 0.15) is 36.6 Å². The summed E-state index contributed by atoms with van der Waals surface area (Å²) in [5.74, 6) is 1.00. The van der Waals surface area contributed by atoms with Gasteiger partial charge >= 0.3 is 0 Å². The monoisotopic (exact) mass is 384 g/mol. The Kier molecular flexibility index (Phi) is 8.19. The Labute approximate surface area is 168 Å². The maximum Gasteiger partial charge on any atom is 0.274 e. The third-order valence-corrected chi connectivity index (χ3v) is 4.41. The molecule has 0 unspecified atom stereocenters. The number of aryl methyl sites for hydroxylation is 1. The quantitative estimate of drug-likeness (QED) is 0.613. The number of anilines is 3. The van der Waals surface area contributed by atoms with E-state index in [1.807, 2.05) is 38.4 Å². The largest absolute Gasteiger partial charge is 0.372 e. The normalized spacial score (nSPS) is 10.8. The molecule has 1 amide bonds. The molecule has 28 heavy (non-hydrogen) atoms. The summed E-state index contributed by atoms with van der Waals surface area (Å²) >= 11 is 0. The molecule has 0 aliphatic heterocycles. The first-order chi connectivity index (χ1) is 13.4. The summed E-state index contributed by atoms with van der Waals surface area (Å²) in [5, 5.41) is 6.18. The van der Waals surface area contributed by atoms with Crippen molar-refractivity contribution in [2.24, 2.45) is 0 Å². The molecule has 0 saturated carbocycles. The van der Waals surface area contributed by atoms with Gasteiger partial charge in [-0.2, -0.15) is 0 Å². The predicted octanol–water partition coefficient (Wildman–Crippen LogP) is 3.25.